The second-order valence-electron chi connectivity index (χ2n) is 2.81. The number of rotatable bonds is 1. The SMILES string of the molecule is Cc1nn2cc(Br)cnc2c1C(=O)O. The third-order valence-corrected chi connectivity index (χ3v) is 2.24. The number of aryl methyl sites for hydroxylation is 1. The predicted molar refractivity (Wildman–Crippen MR) is 52.4 cm³/mol. The summed E-state index contributed by atoms with van der Waals surface area (Å²) in [6, 6.07) is 0. The van der Waals surface area contributed by atoms with E-state index in [1.165, 1.54) is 4.52 Å². The maximum absolute atomic E-state index is 10.9. The molecule has 6 heteroatoms. The molecule has 0 aliphatic rings. The zero-order valence-electron chi connectivity index (χ0n) is 7.23. The number of hydrogen-bond donors (Lipinski definition) is 1. The van der Waals surface area contributed by atoms with E-state index in [0.717, 1.165) is 4.47 Å². The summed E-state index contributed by atoms with van der Waals surface area (Å²) in [7, 11) is 0. The van der Waals surface area contributed by atoms with Gasteiger partial charge in [0.25, 0.3) is 0 Å². The highest BCUT2D eigenvalue weighted by atomic mass is 79.9. The average Bonchev–Trinajstić information content (AvgIpc) is 2.39. The van der Waals surface area contributed by atoms with Gasteiger partial charge in [0.1, 0.15) is 5.56 Å². The van der Waals surface area contributed by atoms with Crippen LogP contribution in [-0.2, 0) is 0 Å². The molecule has 0 unspecified atom stereocenters. The van der Waals surface area contributed by atoms with Crippen LogP contribution in [0.15, 0.2) is 16.9 Å². The second-order valence-corrected chi connectivity index (χ2v) is 3.72. The summed E-state index contributed by atoms with van der Waals surface area (Å²) in [5.41, 5.74) is 0.971. The van der Waals surface area contributed by atoms with Gasteiger partial charge in [-0.05, 0) is 22.9 Å². The van der Waals surface area contributed by atoms with Crippen LogP contribution in [0.5, 0.6) is 0 Å². The molecule has 2 aromatic rings. The molecule has 0 amide bonds. The van der Waals surface area contributed by atoms with Crippen LogP contribution >= 0.6 is 15.9 Å². The monoisotopic (exact) mass is 255 g/mol. The Balaban J connectivity index is 2.84. The normalized spacial score (nSPS) is 10.7. The van der Waals surface area contributed by atoms with Crippen LogP contribution in [0.3, 0.4) is 0 Å². The number of fused-ring (bicyclic) bond motifs is 1. The molecule has 0 radical (unpaired) electrons. The quantitative estimate of drug-likeness (QED) is 0.839. The topological polar surface area (TPSA) is 67.5 Å². The van der Waals surface area contributed by atoms with Gasteiger partial charge >= 0.3 is 5.97 Å². The summed E-state index contributed by atoms with van der Waals surface area (Å²) < 4.78 is 2.20. The van der Waals surface area contributed by atoms with E-state index < -0.39 is 5.97 Å². The molecule has 0 aliphatic carbocycles. The summed E-state index contributed by atoms with van der Waals surface area (Å²) >= 11 is 3.23. The number of nitrogens with zero attached hydrogens (tertiary/aromatic N) is 3. The molecule has 0 spiro atoms. The minimum atomic E-state index is -1.01. The third kappa shape index (κ3) is 1.27. The standard InChI is InChI=1S/C8H6BrN3O2/c1-4-6(8(13)14)7-10-2-5(9)3-12(7)11-4/h2-3H,1H3,(H,13,14). The Bertz CT molecular complexity index is 521. The summed E-state index contributed by atoms with van der Waals surface area (Å²) in [6.45, 7) is 1.64. The third-order valence-electron chi connectivity index (χ3n) is 1.83. The van der Waals surface area contributed by atoms with Crippen LogP contribution in [0.1, 0.15) is 16.1 Å². The van der Waals surface area contributed by atoms with Crippen LogP contribution < -0.4 is 0 Å². The van der Waals surface area contributed by atoms with E-state index in [1.54, 1.807) is 19.3 Å². The van der Waals surface area contributed by atoms with Gasteiger partial charge in [-0.2, -0.15) is 5.10 Å². The minimum absolute atomic E-state index is 0.150. The van der Waals surface area contributed by atoms with E-state index in [0.29, 0.717) is 11.3 Å². The van der Waals surface area contributed by atoms with Gasteiger partial charge < -0.3 is 5.11 Å². The van der Waals surface area contributed by atoms with Crippen molar-refractivity contribution in [1.29, 1.82) is 0 Å². The first-order chi connectivity index (χ1) is 6.59. The molecule has 5 nitrogen and oxygen atoms in total. The maximum atomic E-state index is 10.9. The van der Waals surface area contributed by atoms with Crippen LogP contribution in [0, 0.1) is 6.92 Å². The van der Waals surface area contributed by atoms with Crippen LogP contribution in [0.25, 0.3) is 5.65 Å². The van der Waals surface area contributed by atoms with Gasteiger partial charge in [0.15, 0.2) is 5.65 Å². The van der Waals surface area contributed by atoms with Crippen molar-refractivity contribution in [3.63, 3.8) is 0 Å². The largest absolute Gasteiger partial charge is 0.477 e. The van der Waals surface area contributed by atoms with Crippen molar-refractivity contribution in [2.45, 2.75) is 6.92 Å². The zero-order valence-corrected chi connectivity index (χ0v) is 8.82. The minimum Gasteiger partial charge on any atom is -0.477 e. The molecule has 72 valence electrons. The molecule has 14 heavy (non-hydrogen) atoms. The molecule has 2 rings (SSSR count). The average molecular weight is 256 g/mol. The molecule has 0 aromatic carbocycles. The van der Waals surface area contributed by atoms with Gasteiger partial charge in [-0.25, -0.2) is 14.3 Å². The molecule has 1 N–H and O–H groups in total. The van der Waals surface area contributed by atoms with E-state index in [-0.39, 0.29) is 5.56 Å². The Labute approximate surface area is 87.5 Å². The summed E-state index contributed by atoms with van der Waals surface area (Å²) in [5, 5.41) is 13.0. The molecular formula is C8H6BrN3O2. The lowest BCUT2D eigenvalue weighted by Gasteiger charge is -1.93. The van der Waals surface area contributed by atoms with Gasteiger partial charge in [0.05, 0.1) is 10.2 Å². The Morgan fingerprint density at radius 1 is 1.64 bits per heavy atom. The number of carboxylic acids is 1. The molecule has 0 saturated heterocycles. The van der Waals surface area contributed by atoms with Crippen molar-refractivity contribution in [2.24, 2.45) is 0 Å². The lowest BCUT2D eigenvalue weighted by Crippen LogP contribution is -1.98. The van der Waals surface area contributed by atoms with E-state index in [2.05, 4.69) is 26.0 Å². The fraction of sp³-hybridized carbons (Fsp3) is 0.125. The Kier molecular flexibility index (Phi) is 1.99. The fourth-order valence-corrected chi connectivity index (χ4v) is 1.57. The highest BCUT2D eigenvalue weighted by Crippen LogP contribution is 2.15. The van der Waals surface area contributed by atoms with E-state index in [1.807, 2.05) is 0 Å². The number of aromatic nitrogens is 3. The summed E-state index contributed by atoms with van der Waals surface area (Å²) in [6.07, 6.45) is 3.21. The predicted octanol–water partition coefficient (Wildman–Crippen LogP) is 1.50. The molecular weight excluding hydrogens is 250 g/mol. The number of halogens is 1. The van der Waals surface area contributed by atoms with E-state index in [4.69, 9.17) is 5.11 Å². The lowest BCUT2D eigenvalue weighted by atomic mass is 10.2. The molecule has 2 aromatic heterocycles. The smallest absolute Gasteiger partial charge is 0.341 e. The van der Waals surface area contributed by atoms with E-state index in [9.17, 15) is 4.79 Å². The highest BCUT2D eigenvalue weighted by molar-refractivity contribution is 9.10. The van der Waals surface area contributed by atoms with Gasteiger partial charge in [0, 0.05) is 12.4 Å². The van der Waals surface area contributed by atoms with Crippen molar-refractivity contribution in [1.82, 2.24) is 14.6 Å². The van der Waals surface area contributed by atoms with E-state index >= 15 is 0 Å². The van der Waals surface area contributed by atoms with Crippen LogP contribution in [-0.4, -0.2) is 25.7 Å². The Hall–Kier alpha value is -1.43. The lowest BCUT2D eigenvalue weighted by molar-refractivity contribution is 0.0698. The molecule has 0 saturated carbocycles. The number of hydrogen-bond acceptors (Lipinski definition) is 3. The van der Waals surface area contributed by atoms with Gasteiger partial charge in [-0.15, -0.1) is 0 Å². The summed E-state index contributed by atoms with van der Waals surface area (Å²) in [4.78, 5) is 14.9. The van der Waals surface area contributed by atoms with Crippen molar-refractivity contribution >= 4 is 27.5 Å². The fourth-order valence-electron chi connectivity index (χ4n) is 1.27. The molecule has 0 fully saturated rings. The second kappa shape index (κ2) is 3.06. The number of carboxylic acid groups (broad SMARTS) is 1. The first kappa shape index (κ1) is 9.14. The van der Waals surface area contributed by atoms with Gasteiger partial charge in [-0.3, -0.25) is 0 Å². The molecule has 0 atom stereocenters. The first-order valence-corrected chi connectivity index (χ1v) is 4.62. The molecule has 0 bridgehead atoms. The summed E-state index contributed by atoms with van der Waals surface area (Å²) in [5.74, 6) is -1.01. The number of carbonyl (C=O) groups is 1. The van der Waals surface area contributed by atoms with Crippen molar-refractivity contribution < 1.29 is 9.90 Å². The number of aromatic carboxylic acids is 1. The van der Waals surface area contributed by atoms with Crippen LogP contribution in [0.4, 0.5) is 0 Å². The van der Waals surface area contributed by atoms with Gasteiger partial charge in [-0.1, -0.05) is 0 Å². The first-order valence-electron chi connectivity index (χ1n) is 3.83. The highest BCUT2D eigenvalue weighted by Gasteiger charge is 2.16. The van der Waals surface area contributed by atoms with Crippen LogP contribution in [0.2, 0.25) is 0 Å². The van der Waals surface area contributed by atoms with Gasteiger partial charge in [0.2, 0.25) is 0 Å². The molecule has 0 aliphatic heterocycles. The van der Waals surface area contributed by atoms with Crippen molar-refractivity contribution in [2.75, 3.05) is 0 Å². The molecule has 2 heterocycles. The van der Waals surface area contributed by atoms with Crippen molar-refractivity contribution in [3.05, 3.63) is 28.1 Å². The Morgan fingerprint density at radius 3 is 3.00 bits per heavy atom. The Morgan fingerprint density at radius 2 is 2.36 bits per heavy atom. The maximum Gasteiger partial charge on any atom is 0.341 e. The van der Waals surface area contributed by atoms with Crippen molar-refractivity contribution in [3.8, 4) is 0 Å². The zero-order chi connectivity index (χ0) is 10.3.